The van der Waals surface area contributed by atoms with E-state index < -0.39 is 45.9 Å². The summed E-state index contributed by atoms with van der Waals surface area (Å²) in [5, 5.41) is 35.0. The quantitative estimate of drug-likeness (QED) is 0.374. The number of methoxy groups -OCH3 is 1. The van der Waals surface area contributed by atoms with Gasteiger partial charge < -0.3 is 20.9 Å². The first-order chi connectivity index (χ1) is 14.2. The van der Waals surface area contributed by atoms with Crippen molar-refractivity contribution in [2.75, 3.05) is 7.11 Å². The van der Waals surface area contributed by atoms with E-state index in [1.165, 1.54) is 31.4 Å². The Morgan fingerprint density at radius 3 is 2.53 bits per heavy atom. The van der Waals surface area contributed by atoms with E-state index in [9.17, 15) is 30.1 Å². The number of nitriles is 1. The van der Waals surface area contributed by atoms with Crippen LogP contribution in [-0.4, -0.2) is 29.0 Å². The Hall–Kier alpha value is -3.97. The SMILES string of the molecule is COc1ccc([C@@H]2[C@H](C(N)=O)C(=O)N[C@@](O)(c3ccccc3)[C@H]2C#N)cc1[N+](=O)[O-]. The molecule has 10 heteroatoms. The second-order valence-electron chi connectivity index (χ2n) is 6.82. The summed E-state index contributed by atoms with van der Waals surface area (Å²) in [5.41, 5.74) is 3.23. The Balaban J connectivity index is 2.23. The van der Waals surface area contributed by atoms with Gasteiger partial charge in [0, 0.05) is 17.5 Å². The molecular formula is C20H18N4O6. The Kier molecular flexibility index (Phi) is 5.40. The maximum Gasteiger partial charge on any atom is 0.311 e. The first kappa shape index (κ1) is 20.8. The lowest BCUT2D eigenvalue weighted by Gasteiger charge is -2.44. The van der Waals surface area contributed by atoms with Crippen molar-refractivity contribution in [1.82, 2.24) is 5.32 Å². The molecule has 4 N–H and O–H groups in total. The lowest BCUT2D eigenvalue weighted by Crippen LogP contribution is -2.62. The van der Waals surface area contributed by atoms with Gasteiger partial charge in [-0.05, 0) is 11.6 Å². The molecule has 2 aromatic rings. The fraction of sp³-hybridized carbons (Fsp3) is 0.250. The summed E-state index contributed by atoms with van der Waals surface area (Å²) < 4.78 is 4.98. The molecule has 1 aliphatic heterocycles. The van der Waals surface area contributed by atoms with Crippen molar-refractivity contribution in [3.8, 4) is 11.8 Å². The van der Waals surface area contributed by atoms with Crippen molar-refractivity contribution in [3.05, 3.63) is 69.8 Å². The van der Waals surface area contributed by atoms with Gasteiger partial charge in [-0.2, -0.15) is 5.26 Å². The first-order valence-electron chi connectivity index (χ1n) is 8.85. The summed E-state index contributed by atoms with van der Waals surface area (Å²) in [5.74, 6) is -6.08. The predicted molar refractivity (Wildman–Crippen MR) is 103 cm³/mol. The minimum Gasteiger partial charge on any atom is -0.490 e. The minimum atomic E-state index is -2.14. The molecule has 0 aromatic heterocycles. The van der Waals surface area contributed by atoms with Crippen LogP contribution in [0.1, 0.15) is 17.0 Å². The number of primary amides is 1. The van der Waals surface area contributed by atoms with Crippen molar-refractivity contribution in [1.29, 1.82) is 5.26 Å². The van der Waals surface area contributed by atoms with E-state index in [1.807, 2.05) is 6.07 Å². The summed E-state index contributed by atoms with van der Waals surface area (Å²) in [7, 11) is 1.26. The fourth-order valence-electron chi connectivity index (χ4n) is 3.82. The molecule has 1 saturated heterocycles. The van der Waals surface area contributed by atoms with Gasteiger partial charge >= 0.3 is 5.69 Å². The minimum absolute atomic E-state index is 0.0357. The highest BCUT2D eigenvalue weighted by atomic mass is 16.6. The monoisotopic (exact) mass is 410 g/mol. The molecule has 1 heterocycles. The number of hydrogen-bond acceptors (Lipinski definition) is 7. The van der Waals surface area contributed by atoms with Gasteiger partial charge in [-0.3, -0.25) is 19.7 Å². The molecular weight excluding hydrogens is 392 g/mol. The number of aliphatic hydroxyl groups is 1. The molecule has 3 rings (SSSR count). The second-order valence-corrected chi connectivity index (χ2v) is 6.82. The van der Waals surface area contributed by atoms with Crippen LogP contribution in [0.5, 0.6) is 5.75 Å². The van der Waals surface area contributed by atoms with Gasteiger partial charge in [-0.1, -0.05) is 36.4 Å². The largest absolute Gasteiger partial charge is 0.490 e. The van der Waals surface area contributed by atoms with Gasteiger partial charge in [0.25, 0.3) is 0 Å². The van der Waals surface area contributed by atoms with E-state index in [2.05, 4.69) is 5.32 Å². The lowest BCUT2D eigenvalue weighted by molar-refractivity contribution is -0.385. The standard InChI is InChI=1S/C20H18N4O6/c1-30-15-8-7-11(9-14(15)24(28)29)16-13(10-21)20(27,12-5-3-2-4-6-12)23-19(26)17(16)18(22)25/h2-9,13,16-17,27H,1H3,(H2,22,25)(H,23,26)/t13-,16-,17+,20+/m0/s1. The molecule has 0 radical (unpaired) electrons. The Bertz CT molecular complexity index is 1050. The smallest absolute Gasteiger partial charge is 0.311 e. The van der Waals surface area contributed by atoms with Crippen LogP contribution in [-0.2, 0) is 15.3 Å². The summed E-state index contributed by atoms with van der Waals surface area (Å²) >= 11 is 0. The number of carbonyl (C=O) groups excluding carboxylic acids is 2. The zero-order valence-corrected chi connectivity index (χ0v) is 15.8. The van der Waals surface area contributed by atoms with Crippen LogP contribution in [0, 0.1) is 33.3 Å². The van der Waals surface area contributed by atoms with Gasteiger partial charge in [0.2, 0.25) is 11.8 Å². The number of ether oxygens (including phenoxy) is 1. The molecule has 0 saturated carbocycles. The topological polar surface area (TPSA) is 169 Å². The number of amides is 2. The molecule has 0 aliphatic carbocycles. The van der Waals surface area contributed by atoms with Crippen LogP contribution in [0.3, 0.4) is 0 Å². The molecule has 154 valence electrons. The van der Waals surface area contributed by atoms with Crippen molar-refractivity contribution < 1.29 is 24.4 Å². The number of nitro groups is 1. The summed E-state index contributed by atoms with van der Waals surface area (Å²) in [6, 6.07) is 13.7. The molecule has 0 spiro atoms. The highest BCUT2D eigenvalue weighted by Crippen LogP contribution is 2.46. The molecule has 2 amide bonds. The van der Waals surface area contributed by atoms with E-state index in [4.69, 9.17) is 10.5 Å². The van der Waals surface area contributed by atoms with Crippen LogP contribution in [0.15, 0.2) is 48.5 Å². The van der Waals surface area contributed by atoms with Crippen LogP contribution in [0.25, 0.3) is 0 Å². The van der Waals surface area contributed by atoms with Crippen LogP contribution >= 0.6 is 0 Å². The molecule has 1 aliphatic rings. The highest BCUT2D eigenvalue weighted by molar-refractivity contribution is 6.01. The number of rotatable bonds is 5. The Labute approximate surface area is 171 Å². The van der Waals surface area contributed by atoms with Crippen LogP contribution < -0.4 is 15.8 Å². The molecule has 30 heavy (non-hydrogen) atoms. The van der Waals surface area contributed by atoms with E-state index >= 15 is 0 Å². The molecule has 0 unspecified atom stereocenters. The molecule has 1 fully saturated rings. The molecule has 2 aromatic carbocycles. The number of nitrogens with zero attached hydrogens (tertiary/aromatic N) is 2. The number of nitrogens with two attached hydrogens (primary N) is 1. The molecule has 0 bridgehead atoms. The number of nitro benzene ring substituents is 1. The summed E-state index contributed by atoms with van der Waals surface area (Å²) in [6.45, 7) is 0. The third kappa shape index (κ3) is 3.31. The van der Waals surface area contributed by atoms with Gasteiger partial charge in [0.05, 0.1) is 18.1 Å². The van der Waals surface area contributed by atoms with E-state index in [-0.39, 0.29) is 16.9 Å². The number of benzene rings is 2. The average molecular weight is 410 g/mol. The van der Waals surface area contributed by atoms with E-state index in [0.717, 1.165) is 6.07 Å². The van der Waals surface area contributed by atoms with Crippen molar-refractivity contribution in [2.45, 2.75) is 11.6 Å². The normalized spacial score (nSPS) is 25.6. The van der Waals surface area contributed by atoms with Gasteiger partial charge in [-0.15, -0.1) is 0 Å². The number of hydrogen-bond donors (Lipinski definition) is 3. The zero-order valence-electron chi connectivity index (χ0n) is 15.8. The second kappa shape index (κ2) is 7.81. The van der Waals surface area contributed by atoms with Gasteiger partial charge in [0.15, 0.2) is 11.5 Å². The Morgan fingerprint density at radius 1 is 1.33 bits per heavy atom. The summed E-state index contributed by atoms with van der Waals surface area (Å²) in [6.07, 6.45) is 0. The third-order valence-electron chi connectivity index (χ3n) is 5.21. The van der Waals surface area contributed by atoms with Crippen LogP contribution in [0.4, 0.5) is 5.69 Å². The van der Waals surface area contributed by atoms with Crippen LogP contribution in [0.2, 0.25) is 0 Å². The third-order valence-corrected chi connectivity index (χ3v) is 5.21. The number of piperidine rings is 1. The number of nitrogens with one attached hydrogen (secondary N) is 1. The first-order valence-corrected chi connectivity index (χ1v) is 8.85. The van der Waals surface area contributed by atoms with Crippen molar-refractivity contribution in [3.63, 3.8) is 0 Å². The zero-order chi connectivity index (χ0) is 22.1. The average Bonchev–Trinajstić information content (AvgIpc) is 2.73. The molecule has 10 nitrogen and oxygen atoms in total. The lowest BCUT2D eigenvalue weighted by atomic mass is 9.67. The predicted octanol–water partition coefficient (Wildman–Crippen LogP) is 0.903. The number of carbonyl (C=O) groups is 2. The fourth-order valence-corrected chi connectivity index (χ4v) is 3.82. The van der Waals surface area contributed by atoms with Crippen molar-refractivity contribution >= 4 is 17.5 Å². The maximum absolute atomic E-state index is 12.8. The molecule has 4 atom stereocenters. The van der Waals surface area contributed by atoms with Gasteiger partial charge in [-0.25, -0.2) is 0 Å². The highest BCUT2D eigenvalue weighted by Gasteiger charge is 2.56. The maximum atomic E-state index is 12.8. The van der Waals surface area contributed by atoms with Crippen molar-refractivity contribution in [2.24, 2.45) is 17.6 Å². The van der Waals surface area contributed by atoms with E-state index in [1.54, 1.807) is 18.2 Å². The summed E-state index contributed by atoms with van der Waals surface area (Å²) in [4.78, 5) is 35.6. The van der Waals surface area contributed by atoms with E-state index in [0.29, 0.717) is 0 Å². The Morgan fingerprint density at radius 2 is 2.00 bits per heavy atom. The van der Waals surface area contributed by atoms with Gasteiger partial charge in [0.1, 0.15) is 11.8 Å².